The lowest BCUT2D eigenvalue weighted by Crippen LogP contribution is -2.55. The van der Waals surface area contributed by atoms with Gasteiger partial charge in [-0.3, -0.25) is 4.79 Å². The number of benzene rings is 1. The monoisotopic (exact) mass is 490 g/mol. The van der Waals surface area contributed by atoms with Crippen LogP contribution in [-0.4, -0.2) is 34.2 Å². The highest BCUT2D eigenvalue weighted by atomic mass is 32.1. The number of hydrogen-bond acceptors (Lipinski definition) is 5. The molecular weight excluding hydrogens is 458 g/mol. The molecule has 1 aliphatic carbocycles. The Bertz CT molecular complexity index is 1150. The first-order chi connectivity index (χ1) is 16.3. The highest BCUT2D eigenvalue weighted by Gasteiger charge is 2.59. The maximum Gasteiger partial charge on any atom is 0.257 e. The van der Waals surface area contributed by atoms with Gasteiger partial charge in [0.05, 0.1) is 15.6 Å². The Kier molecular flexibility index (Phi) is 7.38. The van der Waals surface area contributed by atoms with Gasteiger partial charge in [0.15, 0.2) is 5.60 Å². The van der Waals surface area contributed by atoms with Crippen molar-refractivity contribution in [3.63, 3.8) is 0 Å². The van der Waals surface area contributed by atoms with Crippen molar-refractivity contribution in [2.75, 3.05) is 6.73 Å². The Labute approximate surface area is 203 Å². The van der Waals surface area contributed by atoms with Gasteiger partial charge in [0.2, 0.25) is 0 Å². The number of amides is 1. The minimum absolute atomic E-state index is 0.106. The SMILES string of the molecule is CC/C=c1/sc(C)n/c1=C(/CCC)OC1CC2(C1)OCN(C(CC)c1cc(F)cc(F)c1)C2=O. The first-order valence-corrected chi connectivity index (χ1v) is 12.9. The molecule has 5 nitrogen and oxygen atoms in total. The summed E-state index contributed by atoms with van der Waals surface area (Å²) in [7, 11) is 0. The van der Waals surface area contributed by atoms with E-state index in [1.165, 1.54) is 12.1 Å². The van der Waals surface area contributed by atoms with Crippen LogP contribution in [0.3, 0.4) is 0 Å². The van der Waals surface area contributed by atoms with Crippen molar-refractivity contribution in [3.8, 4) is 0 Å². The Hall–Kier alpha value is -2.32. The van der Waals surface area contributed by atoms with Gasteiger partial charge in [-0.15, -0.1) is 11.3 Å². The number of aryl methyl sites for hydroxylation is 1. The third kappa shape index (κ3) is 4.75. The molecule has 1 aliphatic heterocycles. The van der Waals surface area contributed by atoms with Gasteiger partial charge in [0.25, 0.3) is 5.91 Å². The summed E-state index contributed by atoms with van der Waals surface area (Å²) in [5.74, 6) is -0.562. The maximum absolute atomic E-state index is 13.8. The highest BCUT2D eigenvalue weighted by Crippen LogP contribution is 2.46. The molecule has 34 heavy (non-hydrogen) atoms. The predicted octanol–water partition coefficient (Wildman–Crippen LogP) is 4.71. The smallest absolute Gasteiger partial charge is 0.257 e. The minimum Gasteiger partial charge on any atom is -0.492 e. The number of aromatic nitrogens is 1. The van der Waals surface area contributed by atoms with Gasteiger partial charge in [-0.2, -0.15) is 0 Å². The van der Waals surface area contributed by atoms with Crippen molar-refractivity contribution in [3.05, 3.63) is 50.3 Å². The molecule has 2 heterocycles. The number of ether oxygens (including phenoxy) is 2. The molecule has 2 aliphatic rings. The first-order valence-electron chi connectivity index (χ1n) is 12.0. The van der Waals surface area contributed by atoms with Crippen LogP contribution in [-0.2, 0) is 14.3 Å². The molecule has 1 saturated carbocycles. The number of nitrogens with zero attached hydrogens (tertiary/aromatic N) is 2. The van der Waals surface area contributed by atoms with Crippen LogP contribution in [0.2, 0.25) is 0 Å². The van der Waals surface area contributed by atoms with E-state index in [1.54, 1.807) is 16.2 Å². The maximum atomic E-state index is 13.8. The van der Waals surface area contributed by atoms with Crippen LogP contribution in [0.4, 0.5) is 8.78 Å². The summed E-state index contributed by atoms with van der Waals surface area (Å²) in [5.41, 5.74) is -0.476. The van der Waals surface area contributed by atoms with E-state index in [9.17, 15) is 13.6 Å². The van der Waals surface area contributed by atoms with E-state index in [1.807, 2.05) is 13.8 Å². The summed E-state index contributed by atoms with van der Waals surface area (Å²) in [6.45, 7) is 8.21. The molecule has 1 unspecified atom stereocenters. The summed E-state index contributed by atoms with van der Waals surface area (Å²) < 4.78 is 41.1. The van der Waals surface area contributed by atoms with E-state index in [-0.39, 0.29) is 18.7 Å². The van der Waals surface area contributed by atoms with Crippen LogP contribution in [0.5, 0.6) is 0 Å². The van der Waals surface area contributed by atoms with Gasteiger partial charge in [0, 0.05) is 25.3 Å². The Morgan fingerprint density at radius 2 is 2.00 bits per heavy atom. The van der Waals surface area contributed by atoms with E-state index in [2.05, 4.69) is 19.9 Å². The standard InChI is InChI=1S/C26H32F2N2O3S/c1-5-8-22(24-23(9-6-2)34-16(4)29-24)33-20-13-26(14-20)25(31)30(15-32-26)21(7-3)17-10-18(27)12-19(28)11-17/h9-12,20-21H,5-8,13-15H2,1-4H3/b23-9+,24-22-. The first kappa shape index (κ1) is 24.8. The van der Waals surface area contributed by atoms with Gasteiger partial charge in [-0.05, 0) is 43.9 Å². The van der Waals surface area contributed by atoms with Gasteiger partial charge in [-0.25, -0.2) is 13.8 Å². The molecular formula is C26H32F2N2O3S. The Balaban J connectivity index is 1.50. The minimum atomic E-state index is -0.919. The molecule has 1 spiro atoms. The summed E-state index contributed by atoms with van der Waals surface area (Å²) in [6, 6.07) is 2.97. The normalized spacial score (nSPS) is 24.5. The number of rotatable bonds is 8. The number of thiazole rings is 1. The van der Waals surface area contributed by atoms with Crippen LogP contribution < -0.4 is 9.88 Å². The van der Waals surface area contributed by atoms with E-state index in [0.29, 0.717) is 24.8 Å². The van der Waals surface area contributed by atoms with Crippen LogP contribution in [0.15, 0.2) is 18.2 Å². The van der Waals surface area contributed by atoms with Crippen molar-refractivity contribution in [1.82, 2.24) is 9.88 Å². The molecule has 0 radical (unpaired) electrons. The second kappa shape index (κ2) is 10.1. The van der Waals surface area contributed by atoms with Gasteiger partial charge in [0.1, 0.15) is 35.6 Å². The molecule has 184 valence electrons. The topological polar surface area (TPSA) is 51.7 Å². The summed E-state index contributed by atoms with van der Waals surface area (Å²) in [5, 5.41) is 1.91. The quantitative estimate of drug-likeness (QED) is 0.538. The lowest BCUT2D eigenvalue weighted by Gasteiger charge is -2.42. The number of carbonyl (C=O) groups excluding carboxylic acids is 1. The third-order valence-electron chi connectivity index (χ3n) is 6.48. The predicted molar refractivity (Wildman–Crippen MR) is 128 cm³/mol. The zero-order valence-electron chi connectivity index (χ0n) is 20.2. The number of hydrogen-bond donors (Lipinski definition) is 0. The Morgan fingerprint density at radius 3 is 2.62 bits per heavy atom. The van der Waals surface area contributed by atoms with Crippen molar-refractivity contribution < 1.29 is 23.0 Å². The van der Waals surface area contributed by atoms with E-state index < -0.39 is 23.3 Å². The lowest BCUT2D eigenvalue weighted by molar-refractivity contribution is -0.158. The zero-order chi connectivity index (χ0) is 24.5. The molecule has 1 amide bonds. The molecule has 1 aromatic heterocycles. The third-order valence-corrected chi connectivity index (χ3v) is 7.44. The molecule has 2 fully saturated rings. The van der Waals surface area contributed by atoms with Gasteiger partial charge < -0.3 is 14.4 Å². The van der Waals surface area contributed by atoms with Crippen molar-refractivity contribution in [1.29, 1.82) is 0 Å². The van der Waals surface area contributed by atoms with E-state index >= 15 is 0 Å². The summed E-state index contributed by atoms with van der Waals surface area (Å²) >= 11 is 1.66. The average molecular weight is 491 g/mol. The highest BCUT2D eigenvalue weighted by molar-refractivity contribution is 7.09. The zero-order valence-corrected chi connectivity index (χ0v) is 21.0. The largest absolute Gasteiger partial charge is 0.492 e. The molecule has 0 bridgehead atoms. The molecule has 1 saturated heterocycles. The average Bonchev–Trinajstić information content (AvgIpc) is 3.28. The Morgan fingerprint density at radius 1 is 1.29 bits per heavy atom. The number of halogens is 2. The van der Waals surface area contributed by atoms with Crippen LogP contribution in [0.25, 0.3) is 11.8 Å². The van der Waals surface area contributed by atoms with Gasteiger partial charge in [-0.1, -0.05) is 26.8 Å². The molecule has 1 atom stereocenters. The summed E-state index contributed by atoms with van der Waals surface area (Å²) in [6.07, 6.45) is 6.12. The van der Waals surface area contributed by atoms with Crippen LogP contribution in [0, 0.1) is 18.6 Å². The molecule has 8 heteroatoms. The fourth-order valence-electron chi connectivity index (χ4n) is 4.89. The second-order valence-corrected chi connectivity index (χ2v) is 10.3. The van der Waals surface area contributed by atoms with Crippen molar-refractivity contribution in [2.45, 2.75) is 84.0 Å². The van der Waals surface area contributed by atoms with Crippen LogP contribution in [0.1, 0.15) is 75.9 Å². The van der Waals surface area contributed by atoms with E-state index in [0.717, 1.165) is 46.0 Å². The molecule has 0 N–H and O–H groups in total. The van der Waals surface area contributed by atoms with Gasteiger partial charge >= 0.3 is 0 Å². The molecule has 2 aromatic rings. The van der Waals surface area contributed by atoms with E-state index in [4.69, 9.17) is 14.5 Å². The lowest BCUT2D eigenvalue weighted by atomic mass is 9.76. The molecule has 4 rings (SSSR count). The fourth-order valence-corrected chi connectivity index (χ4v) is 5.85. The van der Waals surface area contributed by atoms with Crippen molar-refractivity contribution >= 4 is 29.1 Å². The van der Waals surface area contributed by atoms with Crippen molar-refractivity contribution in [2.24, 2.45) is 0 Å². The number of carbonyl (C=O) groups is 1. The fraction of sp³-hybridized carbons (Fsp3) is 0.538. The molecule has 1 aromatic carbocycles. The summed E-state index contributed by atoms with van der Waals surface area (Å²) in [4.78, 5) is 19.7. The second-order valence-electron chi connectivity index (χ2n) is 9.05. The van der Waals surface area contributed by atoms with Crippen LogP contribution >= 0.6 is 11.3 Å².